The van der Waals surface area contributed by atoms with Crippen molar-refractivity contribution < 1.29 is 19.0 Å². The number of rotatable bonds is 8. The van der Waals surface area contributed by atoms with Gasteiger partial charge in [-0.15, -0.1) is 0 Å². The van der Waals surface area contributed by atoms with E-state index in [2.05, 4.69) is 36.6 Å². The molecule has 194 valence electrons. The van der Waals surface area contributed by atoms with Gasteiger partial charge in [-0.2, -0.15) is 10.1 Å². The van der Waals surface area contributed by atoms with Crippen LogP contribution in [0.25, 0.3) is 0 Å². The summed E-state index contributed by atoms with van der Waals surface area (Å²) in [4.78, 5) is 18.0. The molecule has 38 heavy (non-hydrogen) atoms. The molecule has 1 aromatic heterocycles. The molecule has 1 aliphatic heterocycles. The first kappa shape index (κ1) is 25.3. The van der Waals surface area contributed by atoms with E-state index in [0.717, 1.165) is 15.6 Å². The minimum atomic E-state index is -0.558. The van der Waals surface area contributed by atoms with E-state index in [1.807, 2.05) is 61.5 Å². The van der Waals surface area contributed by atoms with Crippen molar-refractivity contribution in [1.82, 2.24) is 14.8 Å². The molecule has 0 radical (unpaired) electrons. The molecular weight excluding hydrogens is 550 g/mol. The van der Waals surface area contributed by atoms with Crippen molar-refractivity contribution in [2.45, 2.75) is 19.6 Å². The fourth-order valence-electron chi connectivity index (χ4n) is 4.35. The second-order valence-electron chi connectivity index (χ2n) is 8.57. The van der Waals surface area contributed by atoms with E-state index < -0.39 is 6.04 Å². The van der Waals surface area contributed by atoms with Crippen molar-refractivity contribution in [3.05, 3.63) is 99.9 Å². The van der Waals surface area contributed by atoms with Crippen molar-refractivity contribution in [3.8, 4) is 17.2 Å². The van der Waals surface area contributed by atoms with Gasteiger partial charge in [-0.3, -0.25) is 4.79 Å². The highest BCUT2D eigenvalue weighted by Gasteiger charge is 2.34. The maximum atomic E-state index is 13.7. The molecule has 1 amide bonds. The maximum Gasteiger partial charge on any atom is 0.255 e. The second-order valence-corrected chi connectivity index (χ2v) is 9.49. The van der Waals surface area contributed by atoms with Crippen LogP contribution in [0.4, 0.5) is 11.6 Å². The van der Waals surface area contributed by atoms with Crippen LogP contribution in [0.1, 0.15) is 24.1 Å². The average Bonchev–Trinajstić information content (AvgIpc) is 3.40. The molecule has 3 aromatic carbocycles. The molecule has 1 unspecified atom stereocenters. The summed E-state index contributed by atoms with van der Waals surface area (Å²) in [5.74, 6) is 1.94. The maximum absolute atomic E-state index is 13.7. The van der Waals surface area contributed by atoms with E-state index in [4.69, 9.17) is 14.2 Å². The number of hydrogen-bond acceptors (Lipinski definition) is 7. The fraction of sp³-hybridized carbons (Fsp3) is 0.179. The summed E-state index contributed by atoms with van der Waals surface area (Å²) in [5.41, 5.74) is 3.53. The standard InChI is InChI=1S/C28H26BrN5O4/c1-17-25(27(35)33-21-6-4-5-7-22(21)36-2)26(34-28(32-17)30-16-31-34)19-10-13-23(24(14-19)37-3)38-15-18-8-11-20(29)12-9-18/h4-14,16,26H,15H2,1-3H3,(H,33,35)(H,30,31,32). The summed E-state index contributed by atoms with van der Waals surface area (Å²) >= 11 is 3.45. The van der Waals surface area contributed by atoms with E-state index in [0.29, 0.717) is 46.8 Å². The van der Waals surface area contributed by atoms with Crippen LogP contribution in [-0.4, -0.2) is 34.9 Å². The van der Waals surface area contributed by atoms with Crippen LogP contribution < -0.4 is 24.8 Å². The fourth-order valence-corrected chi connectivity index (χ4v) is 4.61. The molecular formula is C28H26BrN5O4. The molecule has 2 heterocycles. The van der Waals surface area contributed by atoms with Gasteiger partial charge in [-0.25, -0.2) is 4.68 Å². The van der Waals surface area contributed by atoms with E-state index in [1.165, 1.54) is 6.33 Å². The number of allylic oxidation sites excluding steroid dienone is 1. The van der Waals surface area contributed by atoms with Gasteiger partial charge in [-0.1, -0.05) is 46.3 Å². The van der Waals surface area contributed by atoms with Crippen molar-refractivity contribution in [1.29, 1.82) is 0 Å². The predicted molar refractivity (Wildman–Crippen MR) is 148 cm³/mol. The molecule has 1 atom stereocenters. The van der Waals surface area contributed by atoms with Gasteiger partial charge in [0.1, 0.15) is 24.7 Å². The number of para-hydroxylation sites is 2. The van der Waals surface area contributed by atoms with Crippen LogP contribution in [0.5, 0.6) is 17.2 Å². The Kier molecular flexibility index (Phi) is 7.32. The lowest BCUT2D eigenvalue weighted by Gasteiger charge is -2.29. The van der Waals surface area contributed by atoms with Gasteiger partial charge < -0.3 is 24.8 Å². The van der Waals surface area contributed by atoms with Crippen molar-refractivity contribution >= 4 is 33.5 Å². The van der Waals surface area contributed by atoms with Crippen LogP contribution in [0.3, 0.4) is 0 Å². The molecule has 1 aliphatic rings. The first-order chi connectivity index (χ1) is 18.5. The molecule has 0 spiro atoms. The number of aromatic nitrogens is 3. The van der Waals surface area contributed by atoms with E-state index >= 15 is 0 Å². The Morgan fingerprint density at radius 3 is 2.55 bits per heavy atom. The minimum Gasteiger partial charge on any atom is -0.495 e. The molecule has 0 saturated heterocycles. The topological polar surface area (TPSA) is 99.5 Å². The number of anilines is 2. The predicted octanol–water partition coefficient (Wildman–Crippen LogP) is 5.56. The third-order valence-corrected chi connectivity index (χ3v) is 6.73. The Morgan fingerprint density at radius 1 is 1.03 bits per heavy atom. The van der Waals surface area contributed by atoms with Gasteiger partial charge >= 0.3 is 0 Å². The normalized spacial score (nSPS) is 14.4. The van der Waals surface area contributed by atoms with Crippen molar-refractivity contribution in [3.63, 3.8) is 0 Å². The van der Waals surface area contributed by atoms with Crippen LogP contribution in [0.2, 0.25) is 0 Å². The number of benzene rings is 3. The first-order valence-corrected chi connectivity index (χ1v) is 12.6. The molecule has 0 bridgehead atoms. The summed E-state index contributed by atoms with van der Waals surface area (Å²) in [5, 5.41) is 10.6. The molecule has 0 saturated carbocycles. The summed E-state index contributed by atoms with van der Waals surface area (Å²) in [6.07, 6.45) is 1.45. The summed E-state index contributed by atoms with van der Waals surface area (Å²) in [6, 6.07) is 20.2. The van der Waals surface area contributed by atoms with Gasteiger partial charge in [0.05, 0.1) is 25.5 Å². The zero-order valence-electron chi connectivity index (χ0n) is 21.1. The highest BCUT2D eigenvalue weighted by atomic mass is 79.9. The number of amides is 1. The number of hydrogen-bond donors (Lipinski definition) is 2. The van der Waals surface area contributed by atoms with Gasteiger partial charge in [-0.05, 0) is 54.4 Å². The third kappa shape index (κ3) is 5.08. The number of ether oxygens (including phenoxy) is 3. The molecule has 9 nitrogen and oxygen atoms in total. The number of nitrogens with zero attached hydrogens (tertiary/aromatic N) is 3. The van der Waals surface area contributed by atoms with E-state index in [-0.39, 0.29) is 5.91 Å². The quantitative estimate of drug-likeness (QED) is 0.283. The number of fused-ring (bicyclic) bond motifs is 1. The van der Waals surface area contributed by atoms with Gasteiger partial charge in [0, 0.05) is 10.2 Å². The highest BCUT2D eigenvalue weighted by Crippen LogP contribution is 2.39. The first-order valence-electron chi connectivity index (χ1n) is 11.9. The summed E-state index contributed by atoms with van der Waals surface area (Å²) < 4.78 is 19.8. The van der Waals surface area contributed by atoms with Gasteiger partial charge in [0.25, 0.3) is 5.91 Å². The third-order valence-electron chi connectivity index (χ3n) is 6.21. The smallest absolute Gasteiger partial charge is 0.255 e. The van der Waals surface area contributed by atoms with Gasteiger partial charge in [0.2, 0.25) is 5.95 Å². The minimum absolute atomic E-state index is 0.291. The van der Waals surface area contributed by atoms with Crippen molar-refractivity contribution in [2.24, 2.45) is 0 Å². The SMILES string of the molecule is COc1ccccc1NC(=O)C1=C(C)Nc2ncnn2C1c1ccc(OCc2ccc(Br)cc2)c(OC)c1. The highest BCUT2D eigenvalue weighted by molar-refractivity contribution is 9.10. The monoisotopic (exact) mass is 575 g/mol. The molecule has 2 N–H and O–H groups in total. The van der Waals surface area contributed by atoms with Crippen LogP contribution in [-0.2, 0) is 11.4 Å². The Balaban J connectivity index is 1.47. The lowest BCUT2D eigenvalue weighted by atomic mass is 9.94. The second kappa shape index (κ2) is 11.0. The zero-order valence-corrected chi connectivity index (χ0v) is 22.7. The Labute approximate surface area is 228 Å². The number of nitrogens with one attached hydrogen (secondary N) is 2. The lowest BCUT2D eigenvalue weighted by Crippen LogP contribution is -2.31. The van der Waals surface area contributed by atoms with E-state index in [1.54, 1.807) is 31.0 Å². The van der Waals surface area contributed by atoms with Crippen LogP contribution in [0, 0.1) is 0 Å². The largest absolute Gasteiger partial charge is 0.495 e. The summed E-state index contributed by atoms with van der Waals surface area (Å²) in [6.45, 7) is 2.23. The van der Waals surface area contributed by atoms with E-state index in [9.17, 15) is 4.79 Å². The Morgan fingerprint density at radius 2 is 1.79 bits per heavy atom. The Bertz CT molecular complexity index is 1500. The number of halogens is 1. The molecule has 0 fully saturated rings. The Hall–Kier alpha value is -4.31. The van der Waals surface area contributed by atoms with Crippen molar-refractivity contribution in [2.75, 3.05) is 24.9 Å². The van der Waals surface area contributed by atoms with Crippen LogP contribution >= 0.6 is 15.9 Å². The molecule has 0 aliphatic carbocycles. The lowest BCUT2D eigenvalue weighted by molar-refractivity contribution is -0.113. The molecule has 10 heteroatoms. The molecule has 4 aromatic rings. The van der Waals surface area contributed by atoms with Gasteiger partial charge in [0.15, 0.2) is 11.5 Å². The van der Waals surface area contributed by atoms with Crippen LogP contribution in [0.15, 0.2) is 88.8 Å². The number of methoxy groups -OCH3 is 2. The zero-order chi connectivity index (χ0) is 26.6. The average molecular weight is 576 g/mol. The summed E-state index contributed by atoms with van der Waals surface area (Å²) in [7, 11) is 3.15. The molecule has 5 rings (SSSR count). The number of carbonyl (C=O) groups is 1. The number of carbonyl (C=O) groups excluding carboxylic acids is 1.